The minimum absolute atomic E-state index is 0.0227. The monoisotopic (exact) mass is 415 g/mol. The number of rotatable bonds is 5. The summed E-state index contributed by atoms with van der Waals surface area (Å²) in [5.41, 5.74) is 10.7. The highest BCUT2D eigenvalue weighted by Crippen LogP contribution is 2.31. The normalized spacial score (nSPS) is 10.8. The summed E-state index contributed by atoms with van der Waals surface area (Å²) in [7, 11) is 1.85. The van der Waals surface area contributed by atoms with Gasteiger partial charge in [0, 0.05) is 42.7 Å². The van der Waals surface area contributed by atoms with E-state index in [1.807, 2.05) is 56.6 Å². The van der Waals surface area contributed by atoms with Gasteiger partial charge in [0.25, 0.3) is 5.91 Å². The largest absolute Gasteiger partial charge is 0.383 e. The van der Waals surface area contributed by atoms with Crippen LogP contribution in [-0.4, -0.2) is 20.7 Å². The lowest BCUT2D eigenvalue weighted by Crippen LogP contribution is -2.23. The summed E-state index contributed by atoms with van der Waals surface area (Å²) in [6.45, 7) is 2.23. The Morgan fingerprint density at radius 2 is 1.87 bits per heavy atom. The van der Waals surface area contributed by atoms with Crippen LogP contribution in [0.25, 0.3) is 22.3 Å². The zero-order valence-electron chi connectivity index (χ0n) is 17.3. The van der Waals surface area contributed by atoms with Crippen LogP contribution in [0.1, 0.15) is 21.6 Å². The summed E-state index contributed by atoms with van der Waals surface area (Å²) in [5, 5.41) is 7.09. The number of benzene rings is 2. The number of aromatic nitrogens is 3. The van der Waals surface area contributed by atoms with Gasteiger partial charge in [-0.25, -0.2) is 9.37 Å². The molecular formula is C24H22FN5O. The lowest BCUT2D eigenvalue weighted by Gasteiger charge is -2.10. The number of nitrogens with one attached hydrogen (secondary N) is 1. The molecule has 0 aliphatic rings. The number of carbonyl (C=O) groups excluding carboxylic acids is 1. The van der Waals surface area contributed by atoms with Crippen LogP contribution in [0.2, 0.25) is 0 Å². The van der Waals surface area contributed by atoms with Gasteiger partial charge in [0.05, 0.1) is 11.3 Å². The van der Waals surface area contributed by atoms with Crippen molar-refractivity contribution in [1.82, 2.24) is 20.1 Å². The van der Waals surface area contributed by atoms with E-state index in [4.69, 9.17) is 5.73 Å². The predicted molar refractivity (Wildman–Crippen MR) is 119 cm³/mol. The third-order valence-electron chi connectivity index (χ3n) is 5.06. The van der Waals surface area contributed by atoms with Crippen molar-refractivity contribution in [2.75, 3.05) is 5.73 Å². The summed E-state index contributed by atoms with van der Waals surface area (Å²) in [4.78, 5) is 16.7. The second-order valence-electron chi connectivity index (χ2n) is 7.32. The molecule has 4 aromatic rings. The third kappa shape index (κ3) is 4.30. The fraction of sp³-hybridized carbons (Fsp3) is 0.125. The first kappa shape index (κ1) is 20.3. The van der Waals surface area contributed by atoms with E-state index in [1.165, 1.54) is 12.1 Å². The summed E-state index contributed by atoms with van der Waals surface area (Å²) in [6, 6.07) is 15.8. The van der Waals surface area contributed by atoms with Gasteiger partial charge in [-0.05, 0) is 36.2 Å². The van der Waals surface area contributed by atoms with Crippen LogP contribution in [-0.2, 0) is 13.6 Å². The highest BCUT2D eigenvalue weighted by Gasteiger charge is 2.15. The molecule has 0 aliphatic heterocycles. The molecule has 2 heterocycles. The number of pyridine rings is 1. The first-order valence-corrected chi connectivity index (χ1v) is 9.80. The maximum Gasteiger partial charge on any atom is 0.254 e. The van der Waals surface area contributed by atoms with Gasteiger partial charge in [0.2, 0.25) is 0 Å². The molecule has 3 N–H and O–H groups in total. The van der Waals surface area contributed by atoms with E-state index in [0.29, 0.717) is 17.7 Å². The zero-order valence-corrected chi connectivity index (χ0v) is 17.3. The van der Waals surface area contributed by atoms with Crippen LogP contribution in [0.3, 0.4) is 0 Å². The number of anilines is 1. The summed E-state index contributed by atoms with van der Waals surface area (Å²) >= 11 is 0. The summed E-state index contributed by atoms with van der Waals surface area (Å²) < 4.78 is 16.5. The summed E-state index contributed by atoms with van der Waals surface area (Å²) in [5.74, 6) is -0.810. The molecule has 0 aliphatic carbocycles. The second-order valence-corrected chi connectivity index (χ2v) is 7.32. The molecule has 2 aromatic carbocycles. The smallest absolute Gasteiger partial charge is 0.254 e. The number of nitrogen functional groups attached to an aromatic ring is 1. The lowest BCUT2D eigenvalue weighted by molar-refractivity contribution is 0.0947. The number of amides is 1. The van der Waals surface area contributed by atoms with Crippen molar-refractivity contribution >= 4 is 11.7 Å². The molecule has 0 bridgehead atoms. The number of nitrogens with zero attached hydrogens (tertiary/aromatic N) is 3. The van der Waals surface area contributed by atoms with Crippen LogP contribution in [0.5, 0.6) is 0 Å². The van der Waals surface area contributed by atoms with Crippen molar-refractivity contribution in [3.8, 4) is 22.3 Å². The lowest BCUT2D eigenvalue weighted by atomic mass is 10.00. The van der Waals surface area contributed by atoms with E-state index < -0.39 is 11.7 Å². The van der Waals surface area contributed by atoms with Crippen molar-refractivity contribution in [3.05, 3.63) is 89.6 Å². The molecule has 1 amide bonds. The number of hydrogen-bond donors (Lipinski definition) is 2. The predicted octanol–water partition coefficient (Wildman–Crippen LogP) is 4.11. The maximum atomic E-state index is 14.8. The molecule has 0 saturated carbocycles. The quantitative estimate of drug-likeness (QED) is 0.514. The molecule has 0 saturated heterocycles. The van der Waals surface area contributed by atoms with Gasteiger partial charge in [0.15, 0.2) is 0 Å². The first-order valence-electron chi connectivity index (χ1n) is 9.80. The van der Waals surface area contributed by atoms with Crippen LogP contribution in [0.15, 0.2) is 67.0 Å². The molecule has 7 heteroatoms. The SMILES string of the molecule is Cc1nn(C)cc1-c1cnc(N)c(-c2ccc(C(=O)NCc3ccccc3)c(F)c2)c1. The van der Waals surface area contributed by atoms with Gasteiger partial charge in [-0.1, -0.05) is 36.4 Å². The van der Waals surface area contributed by atoms with Crippen LogP contribution >= 0.6 is 0 Å². The van der Waals surface area contributed by atoms with Crippen LogP contribution in [0.4, 0.5) is 10.2 Å². The Kier molecular flexibility index (Phi) is 5.49. The molecule has 0 unspecified atom stereocenters. The second kappa shape index (κ2) is 8.39. The number of nitrogens with two attached hydrogens (primary N) is 1. The minimum Gasteiger partial charge on any atom is -0.383 e. The molecule has 0 atom stereocenters. The number of carbonyl (C=O) groups is 1. The Hall–Kier alpha value is -4.00. The molecule has 0 spiro atoms. The molecule has 31 heavy (non-hydrogen) atoms. The van der Waals surface area contributed by atoms with Crippen molar-refractivity contribution in [1.29, 1.82) is 0 Å². The van der Waals surface area contributed by atoms with Crippen LogP contribution in [0, 0.1) is 12.7 Å². The Morgan fingerprint density at radius 1 is 1.10 bits per heavy atom. The fourth-order valence-electron chi connectivity index (χ4n) is 3.48. The van der Waals surface area contributed by atoms with Gasteiger partial charge in [-0.3, -0.25) is 9.48 Å². The molecule has 0 fully saturated rings. The fourth-order valence-corrected chi connectivity index (χ4v) is 3.48. The van der Waals surface area contributed by atoms with Crippen molar-refractivity contribution < 1.29 is 9.18 Å². The Morgan fingerprint density at radius 3 is 2.55 bits per heavy atom. The van der Waals surface area contributed by atoms with Gasteiger partial charge in [-0.15, -0.1) is 0 Å². The van der Waals surface area contributed by atoms with E-state index in [2.05, 4.69) is 15.4 Å². The molecule has 6 nitrogen and oxygen atoms in total. The first-order chi connectivity index (χ1) is 14.9. The van der Waals surface area contributed by atoms with Gasteiger partial charge in [-0.2, -0.15) is 5.10 Å². The third-order valence-corrected chi connectivity index (χ3v) is 5.06. The van der Waals surface area contributed by atoms with E-state index >= 15 is 0 Å². The van der Waals surface area contributed by atoms with Crippen molar-refractivity contribution in [2.45, 2.75) is 13.5 Å². The highest BCUT2D eigenvalue weighted by molar-refractivity contribution is 5.95. The average molecular weight is 415 g/mol. The molecular weight excluding hydrogens is 393 g/mol. The van der Waals surface area contributed by atoms with E-state index in [1.54, 1.807) is 16.9 Å². The zero-order chi connectivity index (χ0) is 22.0. The van der Waals surface area contributed by atoms with Gasteiger partial charge < -0.3 is 11.1 Å². The van der Waals surface area contributed by atoms with E-state index in [0.717, 1.165) is 22.4 Å². The Labute approximate surface area is 179 Å². The molecule has 2 aromatic heterocycles. The molecule has 0 radical (unpaired) electrons. The van der Waals surface area contributed by atoms with Crippen LogP contribution < -0.4 is 11.1 Å². The van der Waals surface area contributed by atoms with Crippen molar-refractivity contribution in [2.24, 2.45) is 7.05 Å². The standard InChI is InChI=1S/C24H22FN5O/c1-15-21(14-30(2)29-15)18-10-20(23(26)27-13-18)17-8-9-19(22(25)11-17)24(31)28-12-16-6-4-3-5-7-16/h3-11,13-14H,12H2,1-2H3,(H2,26,27)(H,28,31). The molecule has 4 rings (SSSR count). The van der Waals surface area contributed by atoms with Crippen molar-refractivity contribution in [3.63, 3.8) is 0 Å². The summed E-state index contributed by atoms with van der Waals surface area (Å²) in [6.07, 6.45) is 3.57. The van der Waals surface area contributed by atoms with Gasteiger partial charge in [0.1, 0.15) is 11.6 Å². The van der Waals surface area contributed by atoms with E-state index in [-0.39, 0.29) is 11.4 Å². The number of aryl methyl sites for hydroxylation is 2. The maximum absolute atomic E-state index is 14.8. The minimum atomic E-state index is -0.620. The molecule has 156 valence electrons. The Balaban J connectivity index is 1.60. The topological polar surface area (TPSA) is 85.8 Å². The average Bonchev–Trinajstić information content (AvgIpc) is 3.11. The van der Waals surface area contributed by atoms with E-state index in [9.17, 15) is 9.18 Å². The number of hydrogen-bond acceptors (Lipinski definition) is 4. The van der Waals surface area contributed by atoms with Gasteiger partial charge >= 0.3 is 0 Å². The number of halogens is 1. The Bertz CT molecular complexity index is 1250. The highest BCUT2D eigenvalue weighted by atomic mass is 19.1.